The normalized spacial score (nSPS) is 11.4. The molecule has 2 aromatic heterocycles. The number of aromatic hydroxyl groups is 1. The maximum atomic E-state index is 13.6. The molecule has 2 heterocycles. The molecule has 0 radical (unpaired) electrons. The van der Waals surface area contributed by atoms with Gasteiger partial charge >= 0.3 is 5.63 Å². The molecule has 5 rings (SSSR count). The average molecular weight is 542 g/mol. The maximum absolute atomic E-state index is 13.6. The van der Waals surface area contributed by atoms with Crippen molar-refractivity contribution in [3.63, 3.8) is 0 Å². The molecule has 0 fully saturated rings. The van der Waals surface area contributed by atoms with E-state index in [4.69, 9.17) is 4.42 Å². The third-order valence-corrected chi connectivity index (χ3v) is 6.83. The van der Waals surface area contributed by atoms with E-state index in [0.717, 1.165) is 11.8 Å². The molecule has 0 amide bonds. The molecule has 1 N–H and O–H groups in total. The summed E-state index contributed by atoms with van der Waals surface area (Å²) < 4.78 is 34.6. The fourth-order valence-corrected chi connectivity index (χ4v) is 4.95. The minimum Gasteiger partial charge on any atom is -0.505 e. The number of pyridine rings is 1. The number of rotatable bonds is 4. The van der Waals surface area contributed by atoms with E-state index in [0.29, 0.717) is 25.8 Å². The van der Waals surface area contributed by atoms with E-state index in [2.05, 4.69) is 15.9 Å². The number of hydrogen-bond donors (Lipinski definition) is 1. The Bertz CT molecular complexity index is 1700. The van der Waals surface area contributed by atoms with Crippen molar-refractivity contribution >= 4 is 49.6 Å². The minimum absolute atomic E-state index is 0.0473. The van der Waals surface area contributed by atoms with Crippen LogP contribution in [0.1, 0.15) is 5.56 Å². The third-order valence-electron chi connectivity index (χ3n) is 5.28. The number of hydrogen-bond acceptors (Lipinski definition) is 5. The first kappa shape index (κ1) is 22.4. The van der Waals surface area contributed by atoms with Crippen LogP contribution in [0.3, 0.4) is 0 Å². The summed E-state index contributed by atoms with van der Waals surface area (Å²) >= 11 is 4.20. The van der Waals surface area contributed by atoms with Crippen molar-refractivity contribution in [3.8, 4) is 5.75 Å². The molecular weight excluding hydrogens is 528 g/mol. The van der Waals surface area contributed by atoms with E-state index >= 15 is 0 Å². The molecule has 170 valence electrons. The number of halogens is 3. The van der Waals surface area contributed by atoms with Crippen LogP contribution < -0.4 is 11.2 Å². The molecule has 9 heteroatoms. The Hall–Kier alpha value is -3.43. The average Bonchev–Trinajstić information content (AvgIpc) is 2.80. The van der Waals surface area contributed by atoms with Gasteiger partial charge in [0, 0.05) is 14.8 Å². The molecule has 0 saturated carbocycles. The highest BCUT2D eigenvalue weighted by atomic mass is 79.9. The Morgan fingerprint density at radius 3 is 2.47 bits per heavy atom. The Morgan fingerprint density at radius 2 is 1.74 bits per heavy atom. The Morgan fingerprint density at radius 1 is 0.971 bits per heavy atom. The summed E-state index contributed by atoms with van der Waals surface area (Å²) in [6.45, 7) is 0.0902. The van der Waals surface area contributed by atoms with Gasteiger partial charge in [-0.1, -0.05) is 45.9 Å². The van der Waals surface area contributed by atoms with Gasteiger partial charge in [0.15, 0.2) is 11.3 Å². The van der Waals surface area contributed by atoms with Crippen molar-refractivity contribution < 1.29 is 18.3 Å². The first-order valence-electron chi connectivity index (χ1n) is 10.0. The lowest BCUT2D eigenvalue weighted by molar-refractivity contribution is 0.446. The fraction of sp³-hybridized carbons (Fsp3) is 0.0400. The smallest absolute Gasteiger partial charge is 0.354 e. The first-order chi connectivity index (χ1) is 16.3. The van der Waals surface area contributed by atoms with Crippen LogP contribution in [0.5, 0.6) is 5.75 Å². The van der Waals surface area contributed by atoms with Crippen LogP contribution in [-0.2, 0) is 6.54 Å². The monoisotopic (exact) mass is 541 g/mol. The van der Waals surface area contributed by atoms with Crippen LogP contribution in [0.4, 0.5) is 8.78 Å². The summed E-state index contributed by atoms with van der Waals surface area (Å²) in [5.74, 6) is -1.45. The number of aromatic nitrogens is 1. The highest BCUT2D eigenvalue weighted by Crippen LogP contribution is 2.37. The lowest BCUT2D eigenvalue weighted by atomic mass is 10.1. The molecule has 0 atom stereocenters. The zero-order valence-corrected chi connectivity index (χ0v) is 19.6. The standard InChI is InChI=1S/C25H14BrF2NO4S/c26-14-6-9-18-19(10-14)29(12-13-4-7-15(27)8-5-13)24(31)20-21(30)23(25(32)33-22(18)20)34-17-3-1-2-16(28)11-17/h1-11,30H,12H2. The van der Waals surface area contributed by atoms with Gasteiger partial charge in [-0.3, -0.25) is 4.79 Å². The van der Waals surface area contributed by atoms with E-state index in [1.165, 1.54) is 34.9 Å². The summed E-state index contributed by atoms with van der Waals surface area (Å²) in [7, 11) is 0. The predicted octanol–water partition coefficient (Wildman–Crippen LogP) is 6.05. The minimum atomic E-state index is -0.848. The zero-order chi connectivity index (χ0) is 24.0. The fourth-order valence-electron chi connectivity index (χ4n) is 3.73. The predicted molar refractivity (Wildman–Crippen MR) is 130 cm³/mol. The van der Waals surface area contributed by atoms with Gasteiger partial charge in [-0.15, -0.1) is 0 Å². The maximum Gasteiger partial charge on any atom is 0.354 e. The lowest BCUT2D eigenvalue weighted by Gasteiger charge is -2.14. The van der Waals surface area contributed by atoms with Crippen LogP contribution in [0, 0.1) is 11.6 Å². The van der Waals surface area contributed by atoms with Gasteiger partial charge < -0.3 is 14.1 Å². The molecule has 0 spiro atoms. The number of fused-ring (bicyclic) bond motifs is 3. The molecule has 0 saturated heterocycles. The third kappa shape index (κ3) is 4.01. The molecule has 34 heavy (non-hydrogen) atoms. The van der Waals surface area contributed by atoms with Crippen LogP contribution >= 0.6 is 27.7 Å². The van der Waals surface area contributed by atoms with E-state index in [1.54, 1.807) is 36.4 Å². The Kier molecular flexibility index (Phi) is 5.75. The Labute approximate surface area is 203 Å². The summed E-state index contributed by atoms with van der Waals surface area (Å²) in [6.07, 6.45) is 0. The van der Waals surface area contributed by atoms with E-state index in [1.807, 2.05) is 0 Å². The van der Waals surface area contributed by atoms with Crippen molar-refractivity contribution in [2.75, 3.05) is 0 Å². The van der Waals surface area contributed by atoms with Gasteiger partial charge in [-0.05, 0) is 54.1 Å². The number of benzene rings is 3. The highest BCUT2D eigenvalue weighted by Gasteiger charge is 2.22. The van der Waals surface area contributed by atoms with Gasteiger partial charge in [-0.2, -0.15) is 0 Å². The molecular formula is C25H14BrF2NO4S. The zero-order valence-electron chi connectivity index (χ0n) is 17.2. The summed E-state index contributed by atoms with van der Waals surface area (Å²) in [5.41, 5.74) is -0.361. The highest BCUT2D eigenvalue weighted by molar-refractivity contribution is 9.10. The van der Waals surface area contributed by atoms with E-state index in [9.17, 15) is 23.5 Å². The Balaban J connectivity index is 1.79. The first-order valence-corrected chi connectivity index (χ1v) is 11.6. The second-order valence-corrected chi connectivity index (χ2v) is 9.51. The van der Waals surface area contributed by atoms with Crippen molar-refractivity contribution in [1.82, 2.24) is 4.57 Å². The van der Waals surface area contributed by atoms with Crippen molar-refractivity contribution in [1.29, 1.82) is 0 Å². The molecule has 0 unspecified atom stereocenters. The van der Waals surface area contributed by atoms with Gasteiger partial charge in [-0.25, -0.2) is 13.6 Å². The molecule has 0 aliphatic rings. The molecule has 5 aromatic rings. The second-order valence-electron chi connectivity index (χ2n) is 7.51. The van der Waals surface area contributed by atoms with Crippen LogP contribution in [0.15, 0.2) is 95.0 Å². The lowest BCUT2D eigenvalue weighted by Crippen LogP contribution is -2.23. The van der Waals surface area contributed by atoms with Crippen LogP contribution in [-0.4, -0.2) is 9.67 Å². The number of nitrogens with zero attached hydrogens (tertiary/aromatic N) is 1. The van der Waals surface area contributed by atoms with Crippen molar-refractivity contribution in [2.24, 2.45) is 0 Å². The summed E-state index contributed by atoms with van der Waals surface area (Å²) in [6, 6.07) is 16.3. The van der Waals surface area contributed by atoms with Crippen LogP contribution in [0.2, 0.25) is 0 Å². The quantitative estimate of drug-likeness (QED) is 0.280. The summed E-state index contributed by atoms with van der Waals surface area (Å²) in [5, 5.41) is 11.3. The SMILES string of the molecule is O=c1oc2c(c(O)c1Sc1cccc(F)c1)c(=O)n(Cc1ccc(F)cc1)c1cc(Br)ccc21. The van der Waals surface area contributed by atoms with Gasteiger partial charge in [0.1, 0.15) is 21.9 Å². The topological polar surface area (TPSA) is 72.4 Å². The molecule has 0 aliphatic heterocycles. The second kappa shape index (κ2) is 8.73. The molecule has 5 nitrogen and oxygen atoms in total. The van der Waals surface area contributed by atoms with Gasteiger partial charge in [0.25, 0.3) is 5.56 Å². The van der Waals surface area contributed by atoms with E-state index in [-0.39, 0.29) is 22.4 Å². The summed E-state index contributed by atoms with van der Waals surface area (Å²) in [4.78, 5) is 26.5. The van der Waals surface area contributed by atoms with Gasteiger partial charge in [0.05, 0.1) is 12.1 Å². The van der Waals surface area contributed by atoms with E-state index < -0.39 is 28.6 Å². The largest absolute Gasteiger partial charge is 0.505 e. The molecule has 0 aliphatic carbocycles. The van der Waals surface area contributed by atoms with Crippen molar-refractivity contribution in [3.05, 3.63) is 109 Å². The van der Waals surface area contributed by atoms with Gasteiger partial charge in [0.2, 0.25) is 0 Å². The molecule has 0 bridgehead atoms. The molecule has 3 aromatic carbocycles. The van der Waals surface area contributed by atoms with Crippen LogP contribution in [0.25, 0.3) is 21.9 Å². The van der Waals surface area contributed by atoms with Crippen molar-refractivity contribution in [2.45, 2.75) is 16.3 Å².